The van der Waals surface area contributed by atoms with Crippen LogP contribution in [0.15, 0.2) is 0 Å². The maximum atomic E-state index is 4.98. The Bertz CT molecular complexity index is 316. The summed E-state index contributed by atoms with van der Waals surface area (Å²) in [6.07, 6.45) is 0. The van der Waals surface area contributed by atoms with Crippen molar-refractivity contribution >= 4 is 12.2 Å². The maximum Gasteiger partial charge on any atom is 0.238 e. The molecule has 0 saturated heterocycles. The lowest BCUT2D eigenvalue weighted by Crippen LogP contribution is -2.33. The molecular formula is C8H17N5S. The quantitative estimate of drug-likeness (QED) is 0.746. The summed E-state index contributed by atoms with van der Waals surface area (Å²) in [5.74, 6) is 0. The van der Waals surface area contributed by atoms with Crippen molar-refractivity contribution in [2.24, 2.45) is 0 Å². The molecule has 5 nitrogen and oxygen atoms in total. The third kappa shape index (κ3) is 2.88. The van der Waals surface area contributed by atoms with Crippen LogP contribution >= 0.6 is 12.2 Å². The lowest BCUT2D eigenvalue weighted by Gasteiger charge is -2.24. The van der Waals surface area contributed by atoms with Crippen LogP contribution in [0.1, 0.15) is 20.8 Å². The Morgan fingerprint density at radius 1 is 1.57 bits per heavy atom. The van der Waals surface area contributed by atoms with Gasteiger partial charge in [0.15, 0.2) is 0 Å². The number of likely N-dealkylation sites (N-methyl/N-ethyl adjacent to an activating group) is 1. The normalized spacial score (nSPS) is 11.5. The molecule has 0 spiro atoms. The predicted molar refractivity (Wildman–Crippen MR) is 57.6 cm³/mol. The molecule has 0 aliphatic rings. The summed E-state index contributed by atoms with van der Waals surface area (Å²) < 4.78 is 2.30. The number of hydrogen-bond donors (Lipinski definition) is 1. The Hall–Kier alpha value is -0.750. The third-order valence-electron chi connectivity index (χ3n) is 2.28. The fraction of sp³-hybridized carbons (Fsp3) is 0.875. The zero-order valence-corrected chi connectivity index (χ0v) is 9.71. The second kappa shape index (κ2) is 5.21. The molecule has 14 heavy (non-hydrogen) atoms. The molecule has 0 aliphatic carbocycles. The van der Waals surface area contributed by atoms with E-state index in [1.54, 1.807) is 4.68 Å². The second-order valence-electron chi connectivity index (χ2n) is 3.46. The van der Waals surface area contributed by atoms with Crippen LogP contribution < -0.4 is 0 Å². The average molecular weight is 215 g/mol. The number of rotatable bonds is 5. The highest BCUT2D eigenvalue weighted by atomic mass is 32.1. The molecule has 1 N–H and O–H groups in total. The van der Waals surface area contributed by atoms with Crippen molar-refractivity contribution < 1.29 is 0 Å². The fourth-order valence-corrected chi connectivity index (χ4v) is 1.54. The van der Waals surface area contributed by atoms with Crippen LogP contribution in [0.2, 0.25) is 0 Å². The van der Waals surface area contributed by atoms with E-state index in [9.17, 15) is 0 Å². The van der Waals surface area contributed by atoms with Crippen molar-refractivity contribution in [3.63, 3.8) is 0 Å². The Kier molecular flexibility index (Phi) is 4.21. The van der Waals surface area contributed by atoms with Gasteiger partial charge in [-0.15, -0.1) is 0 Å². The van der Waals surface area contributed by atoms with Crippen molar-refractivity contribution in [3.8, 4) is 0 Å². The SMILES string of the molecule is CCN(CCn1[nH]nnc1=S)C(C)C. The Labute approximate surface area is 89.1 Å². The number of nitrogens with one attached hydrogen (secondary N) is 1. The highest BCUT2D eigenvalue weighted by molar-refractivity contribution is 7.71. The molecule has 1 heterocycles. The van der Waals surface area contributed by atoms with Gasteiger partial charge >= 0.3 is 0 Å². The topological polar surface area (TPSA) is 49.7 Å². The van der Waals surface area contributed by atoms with Crippen LogP contribution in [0.4, 0.5) is 0 Å². The van der Waals surface area contributed by atoms with E-state index in [2.05, 4.69) is 41.2 Å². The minimum Gasteiger partial charge on any atom is -0.299 e. The lowest BCUT2D eigenvalue weighted by atomic mass is 10.3. The number of hydrogen-bond acceptors (Lipinski definition) is 4. The van der Waals surface area contributed by atoms with Gasteiger partial charge in [-0.1, -0.05) is 17.2 Å². The Morgan fingerprint density at radius 3 is 2.71 bits per heavy atom. The number of aromatic nitrogens is 4. The molecule has 0 atom stereocenters. The predicted octanol–water partition coefficient (Wildman–Crippen LogP) is 1.07. The first-order chi connectivity index (χ1) is 6.65. The van der Waals surface area contributed by atoms with Crippen molar-refractivity contribution in [1.29, 1.82) is 0 Å². The summed E-state index contributed by atoms with van der Waals surface area (Å²) in [4.78, 5) is 2.36. The molecule has 0 aliphatic heterocycles. The molecule has 1 rings (SSSR count). The van der Waals surface area contributed by atoms with E-state index in [0.717, 1.165) is 19.6 Å². The summed E-state index contributed by atoms with van der Waals surface area (Å²) in [7, 11) is 0. The summed E-state index contributed by atoms with van der Waals surface area (Å²) in [6, 6.07) is 0.560. The minimum absolute atomic E-state index is 0.518. The van der Waals surface area contributed by atoms with E-state index in [1.165, 1.54) is 0 Å². The van der Waals surface area contributed by atoms with Crippen LogP contribution in [0.5, 0.6) is 0 Å². The van der Waals surface area contributed by atoms with Crippen molar-refractivity contribution in [2.45, 2.75) is 33.4 Å². The first-order valence-corrected chi connectivity index (χ1v) is 5.28. The Morgan fingerprint density at radius 2 is 2.29 bits per heavy atom. The smallest absolute Gasteiger partial charge is 0.238 e. The van der Waals surface area contributed by atoms with Gasteiger partial charge in [0, 0.05) is 12.6 Å². The molecule has 1 aromatic heterocycles. The Balaban J connectivity index is 2.47. The highest BCUT2D eigenvalue weighted by Crippen LogP contribution is 1.97. The first-order valence-electron chi connectivity index (χ1n) is 4.87. The molecule has 0 saturated carbocycles. The van der Waals surface area contributed by atoms with Crippen LogP contribution in [0.3, 0.4) is 0 Å². The highest BCUT2D eigenvalue weighted by Gasteiger charge is 2.06. The van der Waals surface area contributed by atoms with Gasteiger partial charge in [-0.05, 0) is 32.6 Å². The third-order valence-corrected chi connectivity index (χ3v) is 2.58. The van der Waals surface area contributed by atoms with Gasteiger partial charge in [0.25, 0.3) is 0 Å². The molecular weight excluding hydrogens is 198 g/mol. The zero-order chi connectivity index (χ0) is 10.6. The minimum atomic E-state index is 0.518. The maximum absolute atomic E-state index is 4.98. The molecule has 0 bridgehead atoms. The molecule has 6 heteroatoms. The summed E-state index contributed by atoms with van der Waals surface area (Å²) >= 11 is 4.98. The summed E-state index contributed by atoms with van der Waals surface area (Å²) in [5, 5.41) is 10.1. The average Bonchev–Trinajstić information content (AvgIpc) is 2.52. The number of tetrazole rings is 1. The van der Waals surface area contributed by atoms with E-state index >= 15 is 0 Å². The van der Waals surface area contributed by atoms with E-state index in [-0.39, 0.29) is 0 Å². The molecule has 0 radical (unpaired) electrons. The van der Waals surface area contributed by atoms with Crippen LogP contribution in [-0.4, -0.2) is 44.2 Å². The van der Waals surface area contributed by atoms with Crippen molar-refractivity contribution in [2.75, 3.05) is 13.1 Å². The van der Waals surface area contributed by atoms with E-state index < -0.39 is 0 Å². The number of H-pyrrole nitrogens is 1. The van der Waals surface area contributed by atoms with Gasteiger partial charge in [0.2, 0.25) is 4.77 Å². The van der Waals surface area contributed by atoms with Crippen molar-refractivity contribution in [1.82, 2.24) is 25.1 Å². The molecule has 0 fully saturated rings. The number of aromatic amines is 1. The van der Waals surface area contributed by atoms with Gasteiger partial charge < -0.3 is 0 Å². The van der Waals surface area contributed by atoms with Crippen molar-refractivity contribution in [3.05, 3.63) is 4.77 Å². The molecule has 0 unspecified atom stereocenters. The first kappa shape index (κ1) is 11.3. The van der Waals surface area contributed by atoms with Gasteiger partial charge in [-0.3, -0.25) is 4.90 Å². The molecule has 1 aromatic rings. The molecule has 0 aromatic carbocycles. The van der Waals surface area contributed by atoms with Gasteiger partial charge in [-0.2, -0.15) is 5.21 Å². The zero-order valence-electron chi connectivity index (χ0n) is 8.90. The van der Waals surface area contributed by atoms with E-state index in [4.69, 9.17) is 12.2 Å². The van der Waals surface area contributed by atoms with Gasteiger partial charge in [0.1, 0.15) is 0 Å². The van der Waals surface area contributed by atoms with E-state index in [0.29, 0.717) is 10.8 Å². The van der Waals surface area contributed by atoms with Gasteiger partial charge in [0.05, 0.1) is 6.54 Å². The van der Waals surface area contributed by atoms with Crippen LogP contribution in [0.25, 0.3) is 0 Å². The largest absolute Gasteiger partial charge is 0.299 e. The molecule has 0 amide bonds. The second-order valence-corrected chi connectivity index (χ2v) is 3.82. The monoisotopic (exact) mass is 215 g/mol. The van der Waals surface area contributed by atoms with Gasteiger partial charge in [-0.25, -0.2) is 4.68 Å². The summed E-state index contributed by atoms with van der Waals surface area (Å²) in [5.41, 5.74) is 0. The lowest BCUT2D eigenvalue weighted by molar-refractivity contribution is 0.220. The standard InChI is InChI=1S/C8H17N5S/c1-4-12(7(2)3)5-6-13-8(14)9-10-11-13/h7H,4-6H2,1-3H3,(H,9,11,14). The fourth-order valence-electron chi connectivity index (χ4n) is 1.37. The molecule has 80 valence electrons. The summed E-state index contributed by atoms with van der Waals surface area (Å²) in [6.45, 7) is 9.36. The van der Waals surface area contributed by atoms with E-state index in [1.807, 2.05) is 0 Å². The number of nitrogens with zero attached hydrogens (tertiary/aromatic N) is 4. The van der Waals surface area contributed by atoms with Crippen LogP contribution in [-0.2, 0) is 6.54 Å². The van der Waals surface area contributed by atoms with Crippen LogP contribution in [0, 0.1) is 4.77 Å².